The molecule has 1 rings (SSSR count). The van der Waals surface area contributed by atoms with Gasteiger partial charge in [0.1, 0.15) is 11.9 Å². The second-order valence-electron chi connectivity index (χ2n) is 3.18. The quantitative estimate of drug-likeness (QED) is 0.634. The number of hydrogen-bond donors (Lipinski definition) is 3. The minimum atomic E-state index is -1.06. The smallest absolute Gasteiger partial charge is 0.137 e. The Morgan fingerprint density at radius 2 is 2.13 bits per heavy atom. The second-order valence-corrected chi connectivity index (χ2v) is 3.18. The van der Waals surface area contributed by atoms with E-state index in [1.807, 2.05) is 0 Å². The van der Waals surface area contributed by atoms with Crippen LogP contribution in [-0.4, -0.2) is 40.1 Å². The fraction of sp³-hybridized carbons (Fsp3) is 0.500. The van der Waals surface area contributed by atoms with E-state index in [1.54, 1.807) is 6.07 Å². The van der Waals surface area contributed by atoms with Crippen LogP contribution in [0.5, 0.6) is 5.75 Å². The predicted octanol–water partition coefficient (Wildman–Crippen LogP) is -0.133. The minimum absolute atomic E-state index is 0.123. The van der Waals surface area contributed by atoms with Crippen molar-refractivity contribution in [1.29, 1.82) is 0 Å². The van der Waals surface area contributed by atoms with E-state index in [-0.39, 0.29) is 13.0 Å². The number of hydrogen-bond acceptors (Lipinski definition) is 5. The standard InChI is InChI=1S/C10H15NO4/c1-15-8-4-7(5-11-6-8)10(14)9(13)2-3-12/h4-6,9-10,12-14H,2-3H2,1H3. The molecule has 1 heterocycles. The summed E-state index contributed by atoms with van der Waals surface area (Å²) in [5.74, 6) is 0.516. The van der Waals surface area contributed by atoms with Crippen LogP contribution >= 0.6 is 0 Å². The van der Waals surface area contributed by atoms with Gasteiger partial charge in [-0.05, 0) is 12.5 Å². The average Bonchev–Trinajstić information content (AvgIpc) is 2.28. The van der Waals surface area contributed by atoms with Gasteiger partial charge >= 0.3 is 0 Å². The summed E-state index contributed by atoms with van der Waals surface area (Å²) in [7, 11) is 1.50. The second kappa shape index (κ2) is 5.65. The first-order valence-corrected chi connectivity index (χ1v) is 4.65. The van der Waals surface area contributed by atoms with Gasteiger partial charge in [-0.2, -0.15) is 0 Å². The Kier molecular flexibility index (Phi) is 4.48. The number of ether oxygens (including phenoxy) is 1. The molecule has 15 heavy (non-hydrogen) atoms. The summed E-state index contributed by atoms with van der Waals surface area (Å²) in [6.07, 6.45) is 1.03. The Balaban J connectivity index is 2.76. The summed E-state index contributed by atoms with van der Waals surface area (Å²) in [4.78, 5) is 3.86. The zero-order valence-corrected chi connectivity index (χ0v) is 8.50. The minimum Gasteiger partial charge on any atom is -0.495 e. The van der Waals surface area contributed by atoms with Crippen molar-refractivity contribution in [3.63, 3.8) is 0 Å². The molecule has 0 aromatic carbocycles. The van der Waals surface area contributed by atoms with Gasteiger partial charge in [-0.3, -0.25) is 4.98 Å². The third-order valence-electron chi connectivity index (χ3n) is 2.10. The molecule has 2 atom stereocenters. The first kappa shape index (κ1) is 11.9. The van der Waals surface area contributed by atoms with Crippen molar-refractivity contribution in [3.8, 4) is 5.75 Å². The summed E-state index contributed by atoms with van der Waals surface area (Å²) >= 11 is 0. The fourth-order valence-corrected chi connectivity index (χ4v) is 1.22. The highest BCUT2D eigenvalue weighted by Gasteiger charge is 2.18. The van der Waals surface area contributed by atoms with Crippen LogP contribution in [0.3, 0.4) is 0 Å². The molecule has 0 radical (unpaired) electrons. The van der Waals surface area contributed by atoms with Crippen molar-refractivity contribution in [2.24, 2.45) is 0 Å². The zero-order chi connectivity index (χ0) is 11.3. The van der Waals surface area contributed by atoms with Crippen molar-refractivity contribution in [2.45, 2.75) is 18.6 Å². The van der Waals surface area contributed by atoms with Gasteiger partial charge in [0.25, 0.3) is 0 Å². The maximum atomic E-state index is 9.68. The number of aromatic nitrogens is 1. The Hall–Kier alpha value is -1.17. The summed E-state index contributed by atoms with van der Waals surface area (Å²) < 4.78 is 4.94. The fourth-order valence-electron chi connectivity index (χ4n) is 1.22. The van der Waals surface area contributed by atoms with E-state index in [1.165, 1.54) is 19.5 Å². The van der Waals surface area contributed by atoms with Gasteiger partial charge in [0.2, 0.25) is 0 Å². The molecular weight excluding hydrogens is 198 g/mol. The van der Waals surface area contributed by atoms with Crippen molar-refractivity contribution >= 4 is 0 Å². The average molecular weight is 213 g/mol. The summed E-state index contributed by atoms with van der Waals surface area (Å²) in [5, 5.41) is 27.8. The molecule has 0 saturated heterocycles. The third kappa shape index (κ3) is 3.16. The number of aliphatic hydroxyl groups excluding tert-OH is 3. The lowest BCUT2D eigenvalue weighted by Gasteiger charge is -2.17. The maximum absolute atomic E-state index is 9.68. The number of methoxy groups -OCH3 is 1. The molecule has 0 spiro atoms. The van der Waals surface area contributed by atoms with Gasteiger partial charge in [-0.25, -0.2) is 0 Å². The van der Waals surface area contributed by atoms with Crippen LogP contribution in [0.1, 0.15) is 18.1 Å². The van der Waals surface area contributed by atoms with E-state index in [0.717, 1.165) is 0 Å². The molecule has 0 fully saturated rings. The SMILES string of the molecule is COc1cncc(C(O)C(O)CCO)c1. The lowest BCUT2D eigenvalue weighted by atomic mass is 10.0. The van der Waals surface area contributed by atoms with Crippen molar-refractivity contribution in [3.05, 3.63) is 24.0 Å². The molecule has 5 nitrogen and oxygen atoms in total. The van der Waals surface area contributed by atoms with Gasteiger partial charge in [0.15, 0.2) is 0 Å². The van der Waals surface area contributed by atoms with Crippen molar-refractivity contribution < 1.29 is 20.1 Å². The molecule has 0 aliphatic heterocycles. The summed E-state index contributed by atoms with van der Waals surface area (Å²) in [6, 6.07) is 1.60. The Labute approximate surface area is 88.0 Å². The molecule has 0 aliphatic carbocycles. The van der Waals surface area contributed by atoms with Crippen LogP contribution in [0.25, 0.3) is 0 Å². The van der Waals surface area contributed by atoms with E-state index in [4.69, 9.17) is 9.84 Å². The van der Waals surface area contributed by atoms with Gasteiger partial charge < -0.3 is 20.1 Å². The van der Waals surface area contributed by atoms with E-state index < -0.39 is 12.2 Å². The molecule has 0 amide bonds. The van der Waals surface area contributed by atoms with Crippen molar-refractivity contribution in [2.75, 3.05) is 13.7 Å². The van der Waals surface area contributed by atoms with Crippen LogP contribution in [0.15, 0.2) is 18.5 Å². The van der Waals surface area contributed by atoms with Crippen LogP contribution in [-0.2, 0) is 0 Å². The topological polar surface area (TPSA) is 82.8 Å². The zero-order valence-electron chi connectivity index (χ0n) is 8.50. The van der Waals surface area contributed by atoms with Crippen molar-refractivity contribution in [1.82, 2.24) is 4.98 Å². The molecule has 2 unspecified atom stereocenters. The number of rotatable bonds is 5. The van der Waals surface area contributed by atoms with E-state index >= 15 is 0 Å². The maximum Gasteiger partial charge on any atom is 0.137 e. The molecule has 5 heteroatoms. The van der Waals surface area contributed by atoms with Crippen LogP contribution < -0.4 is 4.74 Å². The number of nitrogens with zero attached hydrogens (tertiary/aromatic N) is 1. The lowest BCUT2D eigenvalue weighted by Crippen LogP contribution is -2.19. The molecule has 3 N–H and O–H groups in total. The highest BCUT2D eigenvalue weighted by molar-refractivity contribution is 5.25. The van der Waals surface area contributed by atoms with E-state index in [2.05, 4.69) is 4.98 Å². The third-order valence-corrected chi connectivity index (χ3v) is 2.10. The van der Waals surface area contributed by atoms with Gasteiger partial charge in [-0.1, -0.05) is 0 Å². The Bertz CT molecular complexity index is 305. The molecule has 84 valence electrons. The van der Waals surface area contributed by atoms with E-state index in [9.17, 15) is 10.2 Å². The monoisotopic (exact) mass is 213 g/mol. The normalized spacial score (nSPS) is 14.7. The highest BCUT2D eigenvalue weighted by Crippen LogP contribution is 2.21. The van der Waals surface area contributed by atoms with Crippen LogP contribution in [0, 0.1) is 0 Å². The molecule has 1 aromatic rings. The first-order chi connectivity index (χ1) is 7.19. The first-order valence-electron chi connectivity index (χ1n) is 4.65. The van der Waals surface area contributed by atoms with Gasteiger partial charge in [-0.15, -0.1) is 0 Å². The molecule has 1 aromatic heterocycles. The van der Waals surface area contributed by atoms with E-state index in [0.29, 0.717) is 11.3 Å². The number of pyridine rings is 1. The lowest BCUT2D eigenvalue weighted by molar-refractivity contribution is 0.00394. The van der Waals surface area contributed by atoms with Crippen LogP contribution in [0.2, 0.25) is 0 Å². The molecular formula is C10H15NO4. The molecule has 0 aliphatic rings. The molecule has 0 bridgehead atoms. The number of aliphatic hydroxyl groups is 3. The summed E-state index contributed by atoms with van der Waals surface area (Å²) in [6.45, 7) is -0.171. The predicted molar refractivity (Wildman–Crippen MR) is 53.5 cm³/mol. The summed E-state index contributed by atoms with van der Waals surface area (Å²) in [5.41, 5.74) is 0.468. The molecule has 0 saturated carbocycles. The van der Waals surface area contributed by atoms with Gasteiger partial charge in [0, 0.05) is 18.4 Å². The highest BCUT2D eigenvalue weighted by atomic mass is 16.5. The Morgan fingerprint density at radius 1 is 1.40 bits per heavy atom. The Morgan fingerprint density at radius 3 is 2.73 bits per heavy atom. The largest absolute Gasteiger partial charge is 0.495 e. The van der Waals surface area contributed by atoms with Gasteiger partial charge in [0.05, 0.1) is 19.4 Å². The van der Waals surface area contributed by atoms with Crippen LogP contribution in [0.4, 0.5) is 0 Å².